The Morgan fingerprint density at radius 3 is 3.15 bits per heavy atom. The van der Waals surface area contributed by atoms with Gasteiger partial charge in [-0.15, -0.1) is 0 Å². The zero-order valence-corrected chi connectivity index (χ0v) is 7.43. The number of rotatable bonds is 3. The van der Waals surface area contributed by atoms with E-state index in [-0.39, 0.29) is 0 Å². The summed E-state index contributed by atoms with van der Waals surface area (Å²) in [6.07, 6.45) is 3.83. The van der Waals surface area contributed by atoms with Crippen molar-refractivity contribution in [1.82, 2.24) is 14.8 Å². The number of carbonyl (C=O) groups excluding carboxylic acids is 1. The molecule has 0 saturated heterocycles. The highest BCUT2D eigenvalue weighted by molar-refractivity contribution is 5.85. The predicted octanol–water partition coefficient (Wildman–Crippen LogP) is 0.475. The molecule has 0 N–H and O–H groups in total. The minimum atomic E-state index is -0.418. The van der Waals surface area contributed by atoms with E-state index in [0.29, 0.717) is 11.7 Å². The van der Waals surface area contributed by atoms with Crippen LogP contribution in [-0.2, 0) is 11.3 Å². The zero-order valence-electron chi connectivity index (χ0n) is 7.43. The third-order valence-corrected chi connectivity index (χ3v) is 2.11. The fourth-order valence-corrected chi connectivity index (χ4v) is 1.19. The molecule has 1 aliphatic carbocycles. The molecule has 0 atom stereocenters. The van der Waals surface area contributed by atoms with Gasteiger partial charge < -0.3 is 4.74 Å². The van der Waals surface area contributed by atoms with E-state index in [9.17, 15) is 4.79 Å². The maximum atomic E-state index is 11.2. The van der Waals surface area contributed by atoms with E-state index in [4.69, 9.17) is 0 Å². The molecule has 0 radical (unpaired) electrons. The molecule has 1 fully saturated rings. The lowest BCUT2D eigenvalue weighted by atomic mass is 10.4. The van der Waals surface area contributed by atoms with Gasteiger partial charge in [-0.3, -0.25) is 0 Å². The molecule has 0 unspecified atom stereocenters. The van der Waals surface area contributed by atoms with Crippen LogP contribution in [0.2, 0.25) is 0 Å². The van der Waals surface area contributed by atoms with Crippen LogP contribution >= 0.6 is 0 Å². The summed E-state index contributed by atoms with van der Waals surface area (Å²) in [4.78, 5) is 15.0. The average molecular weight is 181 g/mol. The van der Waals surface area contributed by atoms with E-state index in [0.717, 1.165) is 6.54 Å². The van der Waals surface area contributed by atoms with Crippen LogP contribution in [0.15, 0.2) is 6.33 Å². The van der Waals surface area contributed by atoms with Gasteiger partial charge in [-0.25, -0.2) is 14.5 Å². The van der Waals surface area contributed by atoms with Crippen LogP contribution in [0.1, 0.15) is 23.5 Å². The lowest BCUT2D eigenvalue weighted by Crippen LogP contribution is -2.14. The number of hydrogen-bond acceptors (Lipinski definition) is 4. The summed E-state index contributed by atoms with van der Waals surface area (Å²) >= 11 is 0. The first-order chi connectivity index (χ1) is 6.31. The maximum absolute atomic E-state index is 11.2. The Labute approximate surface area is 75.7 Å². The van der Waals surface area contributed by atoms with E-state index in [1.165, 1.54) is 26.3 Å². The Kier molecular flexibility index (Phi) is 2.00. The highest BCUT2D eigenvalue weighted by Crippen LogP contribution is 2.30. The van der Waals surface area contributed by atoms with Gasteiger partial charge in [0.05, 0.1) is 7.11 Å². The van der Waals surface area contributed by atoms with E-state index in [1.807, 2.05) is 0 Å². The summed E-state index contributed by atoms with van der Waals surface area (Å²) in [6.45, 7) is 0.782. The van der Waals surface area contributed by atoms with Crippen LogP contribution in [0.4, 0.5) is 0 Å². The number of ether oxygens (including phenoxy) is 1. The monoisotopic (exact) mass is 181 g/mol. The van der Waals surface area contributed by atoms with Crippen LogP contribution in [-0.4, -0.2) is 27.8 Å². The highest BCUT2D eigenvalue weighted by atomic mass is 16.5. The average Bonchev–Trinajstić information content (AvgIpc) is 2.82. The van der Waals surface area contributed by atoms with Gasteiger partial charge in [-0.05, 0) is 18.8 Å². The van der Waals surface area contributed by atoms with Gasteiger partial charge in [0.15, 0.2) is 0 Å². The molecule has 1 aliphatic rings. The number of aromatic nitrogens is 3. The molecule has 2 rings (SSSR count). The molecule has 70 valence electrons. The van der Waals surface area contributed by atoms with Crippen molar-refractivity contribution in [1.29, 1.82) is 0 Å². The maximum Gasteiger partial charge on any atom is 0.375 e. The molecular weight excluding hydrogens is 170 g/mol. The summed E-state index contributed by atoms with van der Waals surface area (Å²) in [5, 5.41) is 3.97. The molecule has 0 aliphatic heterocycles. The second-order valence-corrected chi connectivity index (χ2v) is 3.20. The SMILES string of the molecule is COC(=O)c1ncnn1CC1CC1. The first kappa shape index (κ1) is 8.22. The largest absolute Gasteiger partial charge is 0.463 e. The van der Waals surface area contributed by atoms with Crippen LogP contribution < -0.4 is 0 Å². The molecule has 0 aromatic carbocycles. The van der Waals surface area contributed by atoms with Gasteiger partial charge in [0, 0.05) is 6.54 Å². The zero-order chi connectivity index (χ0) is 9.26. The summed E-state index contributed by atoms with van der Waals surface area (Å²) in [5.41, 5.74) is 0. The summed E-state index contributed by atoms with van der Waals surface area (Å²) in [5.74, 6) is 0.553. The fourth-order valence-electron chi connectivity index (χ4n) is 1.19. The summed E-state index contributed by atoms with van der Waals surface area (Å²) in [6, 6.07) is 0. The van der Waals surface area contributed by atoms with Crippen molar-refractivity contribution in [2.24, 2.45) is 5.92 Å². The van der Waals surface area contributed by atoms with Gasteiger partial charge in [0.2, 0.25) is 5.82 Å². The van der Waals surface area contributed by atoms with E-state index in [1.54, 1.807) is 4.68 Å². The minimum Gasteiger partial charge on any atom is -0.463 e. The van der Waals surface area contributed by atoms with Crippen molar-refractivity contribution in [3.05, 3.63) is 12.2 Å². The molecule has 1 aromatic heterocycles. The topological polar surface area (TPSA) is 57.0 Å². The number of hydrogen-bond donors (Lipinski definition) is 0. The Balaban J connectivity index is 2.14. The molecule has 5 nitrogen and oxygen atoms in total. The van der Waals surface area contributed by atoms with E-state index >= 15 is 0 Å². The second kappa shape index (κ2) is 3.16. The van der Waals surface area contributed by atoms with Crippen LogP contribution in [0.3, 0.4) is 0 Å². The number of carbonyl (C=O) groups is 1. The molecule has 1 heterocycles. The summed E-state index contributed by atoms with van der Waals surface area (Å²) in [7, 11) is 1.35. The van der Waals surface area contributed by atoms with Crippen molar-refractivity contribution in [3.8, 4) is 0 Å². The first-order valence-electron chi connectivity index (χ1n) is 4.27. The minimum absolute atomic E-state index is 0.300. The van der Waals surface area contributed by atoms with Crippen molar-refractivity contribution in [2.45, 2.75) is 19.4 Å². The van der Waals surface area contributed by atoms with Crippen LogP contribution in [0, 0.1) is 5.92 Å². The third-order valence-electron chi connectivity index (χ3n) is 2.11. The van der Waals surface area contributed by atoms with E-state index < -0.39 is 5.97 Å². The second-order valence-electron chi connectivity index (χ2n) is 3.20. The van der Waals surface area contributed by atoms with Crippen molar-refractivity contribution >= 4 is 5.97 Å². The quantitative estimate of drug-likeness (QED) is 0.636. The smallest absolute Gasteiger partial charge is 0.375 e. The molecule has 0 bridgehead atoms. The molecule has 0 spiro atoms. The molecule has 0 amide bonds. The number of methoxy groups -OCH3 is 1. The van der Waals surface area contributed by atoms with Crippen molar-refractivity contribution < 1.29 is 9.53 Å². The molecule has 5 heteroatoms. The summed E-state index contributed by atoms with van der Waals surface area (Å²) < 4.78 is 6.19. The Bertz CT molecular complexity index is 317. The van der Waals surface area contributed by atoms with Crippen LogP contribution in [0.25, 0.3) is 0 Å². The van der Waals surface area contributed by atoms with Crippen molar-refractivity contribution in [3.63, 3.8) is 0 Å². The molecule has 1 saturated carbocycles. The third kappa shape index (κ3) is 1.68. The lowest BCUT2D eigenvalue weighted by molar-refractivity contribution is 0.0579. The molecule has 1 aromatic rings. The molecule has 13 heavy (non-hydrogen) atoms. The lowest BCUT2D eigenvalue weighted by Gasteiger charge is -2.01. The van der Waals surface area contributed by atoms with Crippen LogP contribution in [0.5, 0.6) is 0 Å². The predicted molar refractivity (Wildman–Crippen MR) is 44.1 cm³/mol. The Morgan fingerprint density at radius 1 is 1.77 bits per heavy atom. The van der Waals surface area contributed by atoms with Gasteiger partial charge in [0.1, 0.15) is 6.33 Å². The van der Waals surface area contributed by atoms with Crippen molar-refractivity contribution in [2.75, 3.05) is 7.11 Å². The fraction of sp³-hybridized carbons (Fsp3) is 0.625. The molecular formula is C8H11N3O2. The Morgan fingerprint density at radius 2 is 2.54 bits per heavy atom. The van der Waals surface area contributed by atoms with Gasteiger partial charge in [-0.1, -0.05) is 0 Å². The Hall–Kier alpha value is -1.39. The number of nitrogens with zero attached hydrogens (tertiary/aromatic N) is 3. The van der Waals surface area contributed by atoms with E-state index in [2.05, 4.69) is 14.8 Å². The van der Waals surface area contributed by atoms with Gasteiger partial charge in [-0.2, -0.15) is 5.10 Å². The normalized spacial score (nSPS) is 15.8. The van der Waals surface area contributed by atoms with Gasteiger partial charge >= 0.3 is 5.97 Å². The highest BCUT2D eigenvalue weighted by Gasteiger charge is 2.25. The first-order valence-corrected chi connectivity index (χ1v) is 4.27. The number of esters is 1. The van der Waals surface area contributed by atoms with Gasteiger partial charge in [0.25, 0.3) is 0 Å². The standard InChI is InChI=1S/C8H11N3O2/c1-13-8(12)7-9-5-10-11(7)4-6-2-3-6/h5-6H,2-4H2,1H3.